The van der Waals surface area contributed by atoms with Crippen molar-refractivity contribution >= 4 is 11.6 Å². The first-order valence-electron chi connectivity index (χ1n) is 10.3. The van der Waals surface area contributed by atoms with Crippen molar-refractivity contribution in [2.45, 2.75) is 42.9 Å². The van der Waals surface area contributed by atoms with Crippen LogP contribution >= 0.6 is 0 Å². The first-order chi connectivity index (χ1) is 14.7. The molecular formula is C22H23F3N4O2. The maximum Gasteiger partial charge on any atom is 0.255 e. The zero-order valence-corrected chi connectivity index (χ0v) is 17.1. The van der Waals surface area contributed by atoms with E-state index in [1.807, 2.05) is 4.90 Å². The predicted octanol–water partition coefficient (Wildman–Crippen LogP) is 2.95. The zero-order chi connectivity index (χ0) is 22.0. The first-order valence-corrected chi connectivity index (χ1v) is 10.3. The van der Waals surface area contributed by atoms with Gasteiger partial charge in [0.1, 0.15) is 17.3 Å². The van der Waals surface area contributed by atoms with Gasteiger partial charge in [0.2, 0.25) is 5.88 Å². The van der Waals surface area contributed by atoms with Crippen LogP contribution in [0.5, 0.6) is 5.88 Å². The number of pyridine rings is 1. The van der Waals surface area contributed by atoms with Crippen LogP contribution in [0.4, 0.5) is 18.9 Å². The van der Waals surface area contributed by atoms with Crippen LogP contribution in [-0.2, 0) is 0 Å². The normalized spacial score (nSPS) is 28.7. The molecule has 2 heterocycles. The largest absolute Gasteiger partial charge is 0.480 e. The van der Waals surface area contributed by atoms with Gasteiger partial charge in [-0.25, -0.2) is 18.2 Å². The number of rotatable bonds is 5. The molecular weight excluding hydrogens is 409 g/mol. The number of nitrogens with one attached hydrogen (secondary N) is 1. The topological polar surface area (TPSA) is 80.5 Å². The highest BCUT2D eigenvalue weighted by Gasteiger charge is 2.70. The lowest BCUT2D eigenvalue weighted by atomic mass is 9.47. The maximum absolute atomic E-state index is 14.0. The number of hydrogen-bond acceptors (Lipinski definition) is 5. The molecule has 3 aliphatic carbocycles. The fraction of sp³-hybridized carbons (Fsp3) is 0.455. The molecule has 1 aliphatic heterocycles. The number of nitrogens with two attached hydrogens (primary N) is 1. The molecule has 1 saturated heterocycles. The summed E-state index contributed by atoms with van der Waals surface area (Å²) in [5, 5.41) is 2.95. The summed E-state index contributed by atoms with van der Waals surface area (Å²) >= 11 is 0. The molecule has 3 N–H and O–H groups in total. The Balaban J connectivity index is 1.63. The molecule has 1 aromatic carbocycles. The minimum atomic E-state index is -1.15. The number of ether oxygens (including phenoxy) is 1. The average Bonchev–Trinajstić information content (AvgIpc) is 3.09. The maximum atomic E-state index is 14.0. The number of benzene rings is 1. The second-order valence-corrected chi connectivity index (χ2v) is 8.97. The monoisotopic (exact) mass is 432 g/mol. The number of carbonyl (C=O) groups is 1. The number of anilines is 1. The Hall–Kier alpha value is -2.81. The lowest BCUT2D eigenvalue weighted by Gasteiger charge is -2.65. The Morgan fingerprint density at radius 2 is 1.94 bits per heavy atom. The van der Waals surface area contributed by atoms with Crippen molar-refractivity contribution in [3.05, 3.63) is 41.6 Å². The van der Waals surface area contributed by atoms with Crippen molar-refractivity contribution in [3.8, 4) is 17.0 Å². The summed E-state index contributed by atoms with van der Waals surface area (Å²) in [7, 11) is 1.41. The van der Waals surface area contributed by atoms with E-state index in [0.717, 1.165) is 6.07 Å². The standard InChI is InChI=1S/C22H23F3N4O2/c1-31-20-17(12-4-13(23)6-14(24)5-12)18(29-3-2-15(26)8-29)16(7-27-20)19(30)28-22-9-21(25,10-22)11-22/h4-7,15H,2-3,8-11,26H2,1H3,(H,28,30)/t15-,21?,22?/m0/s1. The van der Waals surface area contributed by atoms with E-state index in [4.69, 9.17) is 10.5 Å². The van der Waals surface area contributed by atoms with E-state index in [-0.39, 0.29) is 23.0 Å². The summed E-state index contributed by atoms with van der Waals surface area (Å²) in [6, 6.07) is 3.03. The molecule has 9 heteroatoms. The van der Waals surface area contributed by atoms with Gasteiger partial charge in [-0.1, -0.05) is 0 Å². The molecule has 4 aliphatic rings. The van der Waals surface area contributed by atoms with Gasteiger partial charge in [-0.3, -0.25) is 4.79 Å². The van der Waals surface area contributed by atoms with Crippen molar-refractivity contribution < 1.29 is 22.7 Å². The summed E-state index contributed by atoms with van der Waals surface area (Å²) in [6.07, 6.45) is 3.02. The lowest BCUT2D eigenvalue weighted by Crippen LogP contribution is -2.76. The molecule has 2 aromatic rings. The third kappa shape index (κ3) is 3.31. The SMILES string of the molecule is COc1ncc(C(=O)NC23CC(F)(C2)C3)c(N2CC[C@H](N)C2)c1-c1cc(F)cc(F)c1. The molecule has 0 radical (unpaired) electrons. The number of alkyl halides is 1. The average molecular weight is 432 g/mol. The van der Waals surface area contributed by atoms with Crippen LogP contribution < -0.4 is 20.7 Å². The van der Waals surface area contributed by atoms with Gasteiger partial charge in [0, 0.05) is 56.2 Å². The van der Waals surface area contributed by atoms with Gasteiger partial charge >= 0.3 is 0 Å². The van der Waals surface area contributed by atoms with Crippen LogP contribution in [0.3, 0.4) is 0 Å². The van der Waals surface area contributed by atoms with Crippen LogP contribution in [0.2, 0.25) is 0 Å². The molecule has 0 spiro atoms. The molecule has 4 fully saturated rings. The van der Waals surface area contributed by atoms with Crippen molar-refractivity contribution in [1.29, 1.82) is 0 Å². The number of halogens is 3. The summed E-state index contributed by atoms with van der Waals surface area (Å²) in [5.74, 6) is -1.76. The highest BCUT2D eigenvalue weighted by molar-refractivity contribution is 6.04. The Morgan fingerprint density at radius 1 is 1.26 bits per heavy atom. The number of carbonyl (C=O) groups excluding carboxylic acids is 1. The highest BCUT2D eigenvalue weighted by Crippen LogP contribution is 2.63. The van der Waals surface area contributed by atoms with Crippen molar-refractivity contribution in [2.75, 3.05) is 25.1 Å². The summed E-state index contributed by atoms with van der Waals surface area (Å²) in [5.41, 5.74) is 5.66. The minimum Gasteiger partial charge on any atom is -0.480 e. The van der Waals surface area contributed by atoms with Crippen molar-refractivity contribution in [3.63, 3.8) is 0 Å². The van der Waals surface area contributed by atoms with Gasteiger partial charge in [-0.2, -0.15) is 0 Å². The molecule has 1 aromatic heterocycles. The molecule has 6 nitrogen and oxygen atoms in total. The number of hydrogen-bond donors (Lipinski definition) is 2. The lowest BCUT2D eigenvalue weighted by molar-refractivity contribution is -0.162. The predicted molar refractivity (Wildman–Crippen MR) is 109 cm³/mol. The van der Waals surface area contributed by atoms with E-state index in [0.29, 0.717) is 50.0 Å². The molecule has 31 heavy (non-hydrogen) atoms. The molecule has 6 rings (SSSR count). The second kappa shape index (κ2) is 6.85. The third-order valence-electron chi connectivity index (χ3n) is 6.49. The van der Waals surface area contributed by atoms with E-state index in [1.165, 1.54) is 25.4 Å². The van der Waals surface area contributed by atoms with Gasteiger partial charge in [0.25, 0.3) is 5.91 Å². The van der Waals surface area contributed by atoms with Crippen molar-refractivity contribution in [1.82, 2.24) is 10.3 Å². The van der Waals surface area contributed by atoms with E-state index < -0.39 is 28.7 Å². The van der Waals surface area contributed by atoms with Crippen molar-refractivity contribution in [2.24, 2.45) is 5.73 Å². The van der Waals surface area contributed by atoms with Crippen LogP contribution in [0.15, 0.2) is 24.4 Å². The molecule has 3 saturated carbocycles. The number of nitrogens with zero attached hydrogens (tertiary/aromatic N) is 2. The van der Waals surface area contributed by atoms with Crippen LogP contribution in [0, 0.1) is 11.6 Å². The van der Waals surface area contributed by atoms with Gasteiger partial charge in [0.15, 0.2) is 0 Å². The smallest absolute Gasteiger partial charge is 0.255 e. The highest BCUT2D eigenvalue weighted by atomic mass is 19.1. The Bertz CT molecular complexity index is 1040. The van der Waals surface area contributed by atoms with Crippen LogP contribution in [0.1, 0.15) is 36.0 Å². The van der Waals surface area contributed by atoms with Gasteiger partial charge in [-0.05, 0) is 24.1 Å². The first kappa shape index (κ1) is 20.1. The van der Waals surface area contributed by atoms with E-state index >= 15 is 0 Å². The molecule has 1 amide bonds. The summed E-state index contributed by atoms with van der Waals surface area (Å²) in [4.78, 5) is 19.4. The Morgan fingerprint density at radius 3 is 2.48 bits per heavy atom. The minimum absolute atomic E-state index is 0.101. The number of amides is 1. The molecule has 1 atom stereocenters. The van der Waals surface area contributed by atoms with Gasteiger partial charge in [0.05, 0.1) is 23.9 Å². The fourth-order valence-electron chi connectivity index (χ4n) is 5.19. The fourth-order valence-corrected chi connectivity index (χ4v) is 5.19. The molecule has 0 unspecified atom stereocenters. The van der Waals surface area contributed by atoms with Gasteiger partial charge in [-0.15, -0.1) is 0 Å². The Labute approximate surface area is 177 Å². The zero-order valence-electron chi connectivity index (χ0n) is 17.1. The quantitative estimate of drug-likeness (QED) is 0.760. The molecule has 2 bridgehead atoms. The van der Waals surface area contributed by atoms with Crippen LogP contribution in [-0.4, -0.2) is 48.3 Å². The van der Waals surface area contributed by atoms with Gasteiger partial charge < -0.3 is 20.7 Å². The van der Waals surface area contributed by atoms with Crippen LogP contribution in [0.25, 0.3) is 11.1 Å². The number of methoxy groups -OCH3 is 1. The summed E-state index contributed by atoms with van der Waals surface area (Å²) < 4.78 is 47.4. The molecule has 164 valence electrons. The third-order valence-corrected chi connectivity index (χ3v) is 6.49. The second-order valence-electron chi connectivity index (χ2n) is 8.97. The summed E-state index contributed by atoms with van der Waals surface area (Å²) in [6.45, 7) is 1.04. The van der Waals surface area contributed by atoms with E-state index in [2.05, 4.69) is 10.3 Å². The van der Waals surface area contributed by atoms with E-state index in [1.54, 1.807) is 0 Å². The Kier molecular flexibility index (Phi) is 4.44. The van der Waals surface area contributed by atoms with E-state index in [9.17, 15) is 18.0 Å². The number of aromatic nitrogens is 1.